The van der Waals surface area contributed by atoms with Gasteiger partial charge < -0.3 is 15.1 Å². The molecule has 0 saturated carbocycles. The molecule has 1 amide bonds. The highest BCUT2D eigenvalue weighted by molar-refractivity contribution is 7.50. The minimum Gasteiger partial charge on any atom is -0.326 e. The van der Waals surface area contributed by atoms with Gasteiger partial charge in [0.1, 0.15) is 0 Å². The number of carbonyl (C=O) groups excluding carboxylic acids is 1. The third kappa shape index (κ3) is 10.3. The molecular weight excluding hydrogens is 313 g/mol. The van der Waals surface area contributed by atoms with Gasteiger partial charge in [-0.1, -0.05) is 57.6 Å². The summed E-state index contributed by atoms with van der Waals surface area (Å²) in [6.07, 6.45) is 8.46. The van der Waals surface area contributed by atoms with Gasteiger partial charge in [-0.05, 0) is 24.1 Å². The molecule has 23 heavy (non-hydrogen) atoms. The summed E-state index contributed by atoms with van der Waals surface area (Å²) in [5.41, 5.74) is 1.22. The third-order valence-electron chi connectivity index (χ3n) is 3.63. The Bertz CT molecular complexity index is 510. The van der Waals surface area contributed by atoms with E-state index in [9.17, 15) is 9.36 Å². The number of hydrogen-bond acceptors (Lipinski definition) is 2. The van der Waals surface area contributed by atoms with Gasteiger partial charge in [-0.15, -0.1) is 0 Å². The molecular formula is C17H28NO4P. The van der Waals surface area contributed by atoms with E-state index in [1.54, 1.807) is 24.3 Å². The lowest BCUT2D eigenvalue weighted by molar-refractivity contribution is -0.116. The molecule has 1 aromatic rings. The Kier molecular flexibility index (Phi) is 9.15. The third-order valence-corrected chi connectivity index (χ3v) is 4.41. The fourth-order valence-electron chi connectivity index (χ4n) is 2.40. The predicted octanol–water partition coefficient (Wildman–Crippen LogP) is 4.44. The van der Waals surface area contributed by atoms with Gasteiger partial charge in [-0.2, -0.15) is 0 Å². The average molecular weight is 341 g/mol. The van der Waals surface area contributed by atoms with Gasteiger partial charge in [0.15, 0.2) is 0 Å². The summed E-state index contributed by atoms with van der Waals surface area (Å²) >= 11 is 0. The van der Waals surface area contributed by atoms with Gasteiger partial charge >= 0.3 is 7.60 Å². The normalized spacial score (nSPS) is 11.4. The van der Waals surface area contributed by atoms with E-state index >= 15 is 0 Å². The Balaban J connectivity index is 2.22. The van der Waals surface area contributed by atoms with Crippen LogP contribution in [0.25, 0.3) is 0 Å². The van der Waals surface area contributed by atoms with E-state index in [0.717, 1.165) is 12.8 Å². The summed E-state index contributed by atoms with van der Waals surface area (Å²) in [5, 5.41) is 2.81. The molecule has 130 valence electrons. The standard InChI is InChI=1S/C17H28NO4P/c1-2-3-4-5-6-7-8-9-17(19)18-16-12-10-15(11-13-16)14-23(20,21)22/h10-13H,2-9,14H2,1H3,(H,18,19)(H2,20,21,22). The first kappa shape index (κ1) is 19.9. The van der Waals surface area contributed by atoms with E-state index < -0.39 is 7.60 Å². The van der Waals surface area contributed by atoms with Crippen molar-refractivity contribution < 1.29 is 19.1 Å². The summed E-state index contributed by atoms with van der Waals surface area (Å²) < 4.78 is 10.9. The fraction of sp³-hybridized carbons (Fsp3) is 0.588. The van der Waals surface area contributed by atoms with Gasteiger partial charge in [0.05, 0.1) is 6.16 Å². The molecule has 0 bridgehead atoms. The van der Waals surface area contributed by atoms with E-state index in [2.05, 4.69) is 12.2 Å². The number of unbranched alkanes of at least 4 members (excludes halogenated alkanes) is 6. The number of benzene rings is 1. The first-order valence-electron chi connectivity index (χ1n) is 8.34. The molecule has 0 radical (unpaired) electrons. The number of amides is 1. The molecule has 5 nitrogen and oxygen atoms in total. The number of hydrogen-bond donors (Lipinski definition) is 3. The van der Waals surface area contributed by atoms with Gasteiger partial charge in [0.2, 0.25) is 5.91 Å². The smallest absolute Gasteiger partial charge is 0.326 e. The second kappa shape index (κ2) is 10.6. The average Bonchev–Trinajstić information content (AvgIpc) is 2.47. The van der Waals surface area contributed by atoms with Crippen molar-refractivity contribution in [1.82, 2.24) is 0 Å². The molecule has 0 spiro atoms. The van der Waals surface area contributed by atoms with Crippen molar-refractivity contribution in [2.24, 2.45) is 0 Å². The van der Waals surface area contributed by atoms with Crippen LogP contribution >= 0.6 is 7.60 Å². The van der Waals surface area contributed by atoms with Gasteiger partial charge in [0.25, 0.3) is 0 Å². The number of carbonyl (C=O) groups is 1. The fourth-order valence-corrected chi connectivity index (χ4v) is 3.08. The molecule has 0 aliphatic rings. The van der Waals surface area contributed by atoms with Crippen molar-refractivity contribution in [3.8, 4) is 0 Å². The van der Waals surface area contributed by atoms with E-state index in [1.165, 1.54) is 32.1 Å². The van der Waals surface area contributed by atoms with E-state index in [0.29, 0.717) is 17.7 Å². The van der Waals surface area contributed by atoms with Crippen molar-refractivity contribution >= 4 is 19.2 Å². The van der Waals surface area contributed by atoms with Crippen LogP contribution in [-0.4, -0.2) is 15.7 Å². The number of rotatable bonds is 11. The Labute approximate surface area is 138 Å². The van der Waals surface area contributed by atoms with Crippen LogP contribution in [0.3, 0.4) is 0 Å². The van der Waals surface area contributed by atoms with E-state index in [1.807, 2.05) is 0 Å². The zero-order valence-corrected chi connectivity index (χ0v) is 14.7. The molecule has 0 unspecified atom stereocenters. The van der Waals surface area contributed by atoms with Crippen molar-refractivity contribution in [1.29, 1.82) is 0 Å². The molecule has 0 heterocycles. The minimum absolute atomic E-state index is 0.0127. The van der Waals surface area contributed by atoms with Crippen LogP contribution in [0.1, 0.15) is 63.9 Å². The predicted molar refractivity (Wildman–Crippen MR) is 93.4 cm³/mol. The molecule has 6 heteroatoms. The highest BCUT2D eigenvalue weighted by Crippen LogP contribution is 2.39. The number of anilines is 1. The first-order chi connectivity index (χ1) is 10.9. The molecule has 1 aromatic carbocycles. The van der Waals surface area contributed by atoms with Crippen LogP contribution in [0.15, 0.2) is 24.3 Å². The van der Waals surface area contributed by atoms with Crippen LogP contribution in [0, 0.1) is 0 Å². The molecule has 1 rings (SSSR count). The van der Waals surface area contributed by atoms with E-state index in [4.69, 9.17) is 9.79 Å². The summed E-state index contributed by atoms with van der Waals surface area (Å²) in [7, 11) is -4.05. The Morgan fingerprint density at radius 2 is 1.57 bits per heavy atom. The molecule has 3 N–H and O–H groups in total. The molecule has 0 fully saturated rings. The zero-order valence-electron chi connectivity index (χ0n) is 13.8. The lowest BCUT2D eigenvalue weighted by Crippen LogP contribution is -2.11. The Morgan fingerprint density at radius 1 is 1.00 bits per heavy atom. The summed E-state index contributed by atoms with van der Waals surface area (Å²) in [5.74, 6) is -0.0127. The van der Waals surface area contributed by atoms with Crippen LogP contribution < -0.4 is 5.32 Å². The van der Waals surface area contributed by atoms with Crippen molar-refractivity contribution in [2.75, 3.05) is 5.32 Å². The maximum Gasteiger partial charge on any atom is 0.329 e. The summed E-state index contributed by atoms with van der Waals surface area (Å²) in [4.78, 5) is 29.7. The quantitative estimate of drug-likeness (QED) is 0.410. The zero-order chi connectivity index (χ0) is 17.1. The maximum absolute atomic E-state index is 11.8. The molecule has 0 atom stereocenters. The van der Waals surface area contributed by atoms with Crippen LogP contribution in [0.2, 0.25) is 0 Å². The lowest BCUT2D eigenvalue weighted by Gasteiger charge is -2.07. The van der Waals surface area contributed by atoms with Crippen LogP contribution in [0.4, 0.5) is 5.69 Å². The molecule has 0 aliphatic heterocycles. The SMILES string of the molecule is CCCCCCCCCC(=O)Nc1ccc(CP(=O)(O)O)cc1. The lowest BCUT2D eigenvalue weighted by atomic mass is 10.1. The highest BCUT2D eigenvalue weighted by atomic mass is 31.2. The van der Waals surface area contributed by atoms with Crippen LogP contribution in [0.5, 0.6) is 0 Å². The minimum atomic E-state index is -4.05. The summed E-state index contributed by atoms with van der Waals surface area (Å²) in [6, 6.07) is 6.60. The molecule has 0 aliphatic carbocycles. The van der Waals surface area contributed by atoms with Crippen molar-refractivity contribution in [3.05, 3.63) is 29.8 Å². The van der Waals surface area contributed by atoms with Gasteiger partial charge in [-0.25, -0.2) is 0 Å². The topological polar surface area (TPSA) is 86.6 Å². The first-order valence-corrected chi connectivity index (χ1v) is 10.1. The molecule has 0 saturated heterocycles. The summed E-state index contributed by atoms with van der Waals surface area (Å²) in [6.45, 7) is 2.20. The maximum atomic E-state index is 11.8. The Hall–Kier alpha value is -1.16. The second-order valence-corrected chi connectivity index (χ2v) is 7.58. The molecule has 0 aromatic heterocycles. The Morgan fingerprint density at radius 3 is 2.13 bits per heavy atom. The largest absolute Gasteiger partial charge is 0.329 e. The van der Waals surface area contributed by atoms with Crippen molar-refractivity contribution in [2.45, 2.75) is 64.5 Å². The van der Waals surface area contributed by atoms with Gasteiger partial charge in [0, 0.05) is 12.1 Å². The second-order valence-electron chi connectivity index (χ2n) is 5.94. The van der Waals surface area contributed by atoms with Gasteiger partial charge in [-0.3, -0.25) is 9.36 Å². The number of nitrogens with one attached hydrogen (secondary N) is 1. The van der Waals surface area contributed by atoms with Crippen molar-refractivity contribution in [3.63, 3.8) is 0 Å². The van der Waals surface area contributed by atoms with Crippen LogP contribution in [-0.2, 0) is 15.5 Å². The highest BCUT2D eigenvalue weighted by Gasteiger charge is 2.13. The monoisotopic (exact) mass is 341 g/mol. The van der Waals surface area contributed by atoms with E-state index in [-0.39, 0.29) is 12.1 Å².